The third kappa shape index (κ3) is 2.04. The largest absolute Gasteiger partial charge is 0.345 e. The van der Waals surface area contributed by atoms with Crippen molar-refractivity contribution in [2.75, 3.05) is 14.1 Å². The van der Waals surface area contributed by atoms with E-state index in [0.29, 0.717) is 5.56 Å². The first kappa shape index (κ1) is 9.19. The van der Waals surface area contributed by atoms with E-state index in [0.717, 1.165) is 4.60 Å². The predicted molar refractivity (Wildman–Crippen MR) is 50.0 cm³/mol. The fourth-order valence-electron chi connectivity index (χ4n) is 0.761. The van der Waals surface area contributed by atoms with Gasteiger partial charge >= 0.3 is 0 Å². The fraction of sp³-hybridized carbons (Fsp3) is 0.250. The molecule has 1 heterocycles. The van der Waals surface area contributed by atoms with Crippen LogP contribution in [0.3, 0.4) is 0 Å². The molecule has 0 aliphatic carbocycles. The SMILES string of the molecule is CN(C)C(=O)c1ccc(Br)nc1. The maximum absolute atomic E-state index is 11.3. The highest BCUT2D eigenvalue weighted by Gasteiger charge is 2.06. The summed E-state index contributed by atoms with van der Waals surface area (Å²) in [5.74, 6) is -0.0324. The molecule has 0 bridgehead atoms. The van der Waals surface area contributed by atoms with Crippen molar-refractivity contribution in [3.8, 4) is 0 Å². The molecule has 0 saturated heterocycles. The number of rotatable bonds is 1. The molecule has 0 N–H and O–H groups in total. The quantitative estimate of drug-likeness (QED) is 0.684. The van der Waals surface area contributed by atoms with E-state index in [1.54, 1.807) is 32.4 Å². The molecule has 12 heavy (non-hydrogen) atoms. The van der Waals surface area contributed by atoms with E-state index in [-0.39, 0.29) is 5.91 Å². The summed E-state index contributed by atoms with van der Waals surface area (Å²) in [5, 5.41) is 0. The third-order valence-electron chi connectivity index (χ3n) is 1.38. The lowest BCUT2D eigenvalue weighted by atomic mass is 10.2. The van der Waals surface area contributed by atoms with Crippen molar-refractivity contribution in [2.45, 2.75) is 0 Å². The highest BCUT2D eigenvalue weighted by Crippen LogP contribution is 2.07. The Balaban J connectivity index is 2.90. The molecule has 0 radical (unpaired) electrons. The van der Waals surface area contributed by atoms with Gasteiger partial charge in [-0.05, 0) is 28.1 Å². The number of aromatic nitrogens is 1. The summed E-state index contributed by atoms with van der Waals surface area (Å²) in [4.78, 5) is 16.8. The number of nitrogens with zero attached hydrogens (tertiary/aromatic N) is 2. The number of hydrogen-bond acceptors (Lipinski definition) is 2. The van der Waals surface area contributed by atoms with E-state index in [9.17, 15) is 4.79 Å². The minimum Gasteiger partial charge on any atom is -0.345 e. The number of halogens is 1. The Kier molecular flexibility index (Phi) is 2.81. The Labute approximate surface area is 79.5 Å². The molecule has 0 spiro atoms. The molecule has 1 rings (SSSR count). The van der Waals surface area contributed by atoms with Gasteiger partial charge in [0.05, 0.1) is 5.56 Å². The lowest BCUT2D eigenvalue weighted by Gasteiger charge is -2.08. The summed E-state index contributed by atoms with van der Waals surface area (Å²) >= 11 is 3.20. The van der Waals surface area contributed by atoms with Crippen molar-refractivity contribution < 1.29 is 4.79 Å². The van der Waals surface area contributed by atoms with Gasteiger partial charge in [0.15, 0.2) is 0 Å². The second-order valence-corrected chi connectivity index (χ2v) is 3.38. The molecule has 0 unspecified atom stereocenters. The molecule has 0 fully saturated rings. The minimum atomic E-state index is -0.0324. The minimum absolute atomic E-state index is 0.0324. The van der Waals surface area contributed by atoms with E-state index >= 15 is 0 Å². The van der Waals surface area contributed by atoms with E-state index in [1.165, 1.54) is 4.90 Å². The highest BCUT2D eigenvalue weighted by atomic mass is 79.9. The van der Waals surface area contributed by atoms with Gasteiger partial charge in [0.25, 0.3) is 5.91 Å². The van der Waals surface area contributed by atoms with Gasteiger partial charge in [-0.1, -0.05) is 0 Å². The molecule has 0 aliphatic heterocycles. The third-order valence-corrected chi connectivity index (χ3v) is 1.85. The number of amides is 1. The normalized spacial score (nSPS) is 9.58. The van der Waals surface area contributed by atoms with Crippen LogP contribution in [-0.4, -0.2) is 29.9 Å². The van der Waals surface area contributed by atoms with Crippen LogP contribution >= 0.6 is 15.9 Å². The molecule has 1 aromatic rings. The van der Waals surface area contributed by atoms with Gasteiger partial charge in [-0.25, -0.2) is 4.98 Å². The standard InChI is InChI=1S/C8H9BrN2O/c1-11(2)8(12)6-3-4-7(9)10-5-6/h3-5H,1-2H3. The summed E-state index contributed by atoms with van der Waals surface area (Å²) in [6.07, 6.45) is 1.55. The molecule has 0 atom stereocenters. The molecule has 4 heteroatoms. The second-order valence-electron chi connectivity index (χ2n) is 2.57. The summed E-state index contributed by atoms with van der Waals surface area (Å²) < 4.78 is 0.734. The van der Waals surface area contributed by atoms with E-state index in [4.69, 9.17) is 0 Å². The van der Waals surface area contributed by atoms with Crippen LogP contribution in [0.2, 0.25) is 0 Å². The molecule has 0 saturated carbocycles. The van der Waals surface area contributed by atoms with Crippen LogP contribution in [0, 0.1) is 0 Å². The Bertz CT molecular complexity index is 282. The lowest BCUT2D eigenvalue weighted by molar-refractivity contribution is 0.0827. The van der Waals surface area contributed by atoms with Gasteiger partial charge in [-0.3, -0.25) is 4.79 Å². The molecule has 1 amide bonds. The number of carbonyl (C=O) groups is 1. The van der Waals surface area contributed by atoms with Crippen molar-refractivity contribution in [3.05, 3.63) is 28.5 Å². The van der Waals surface area contributed by atoms with Crippen LogP contribution in [0.4, 0.5) is 0 Å². The molecule has 1 aromatic heterocycles. The van der Waals surface area contributed by atoms with Crippen LogP contribution in [0.1, 0.15) is 10.4 Å². The maximum atomic E-state index is 11.3. The summed E-state index contributed by atoms with van der Waals surface area (Å²) in [7, 11) is 3.43. The molecule has 0 aliphatic rings. The van der Waals surface area contributed by atoms with E-state index in [2.05, 4.69) is 20.9 Å². The number of carbonyl (C=O) groups excluding carboxylic acids is 1. The highest BCUT2D eigenvalue weighted by molar-refractivity contribution is 9.10. The monoisotopic (exact) mass is 228 g/mol. The second kappa shape index (κ2) is 3.67. The Morgan fingerprint density at radius 2 is 2.17 bits per heavy atom. The van der Waals surface area contributed by atoms with Crippen molar-refractivity contribution >= 4 is 21.8 Å². The molecule has 3 nitrogen and oxygen atoms in total. The average molecular weight is 229 g/mol. The first-order valence-electron chi connectivity index (χ1n) is 3.44. The Morgan fingerprint density at radius 3 is 2.58 bits per heavy atom. The summed E-state index contributed by atoms with van der Waals surface area (Å²) in [6, 6.07) is 3.48. The predicted octanol–water partition coefficient (Wildman–Crippen LogP) is 1.55. The summed E-state index contributed by atoms with van der Waals surface area (Å²) in [6.45, 7) is 0. The van der Waals surface area contributed by atoms with Crippen molar-refractivity contribution in [1.29, 1.82) is 0 Å². The van der Waals surface area contributed by atoms with Crippen LogP contribution in [0.5, 0.6) is 0 Å². The van der Waals surface area contributed by atoms with Gasteiger partial charge in [-0.2, -0.15) is 0 Å². The zero-order valence-electron chi connectivity index (χ0n) is 6.91. The van der Waals surface area contributed by atoms with E-state index < -0.39 is 0 Å². The zero-order chi connectivity index (χ0) is 9.14. The topological polar surface area (TPSA) is 33.2 Å². The molecular formula is C8H9BrN2O. The number of hydrogen-bond donors (Lipinski definition) is 0. The van der Waals surface area contributed by atoms with Crippen LogP contribution in [0.25, 0.3) is 0 Å². The fourth-order valence-corrected chi connectivity index (χ4v) is 0.995. The van der Waals surface area contributed by atoms with Gasteiger partial charge in [0.1, 0.15) is 4.60 Å². The molecular weight excluding hydrogens is 220 g/mol. The molecule has 0 aromatic carbocycles. The summed E-state index contributed by atoms with van der Waals surface area (Å²) in [5.41, 5.74) is 0.600. The van der Waals surface area contributed by atoms with Gasteiger partial charge in [0, 0.05) is 20.3 Å². The zero-order valence-corrected chi connectivity index (χ0v) is 8.50. The van der Waals surface area contributed by atoms with Crippen LogP contribution in [-0.2, 0) is 0 Å². The smallest absolute Gasteiger partial charge is 0.254 e. The first-order valence-corrected chi connectivity index (χ1v) is 4.24. The van der Waals surface area contributed by atoms with Crippen molar-refractivity contribution in [1.82, 2.24) is 9.88 Å². The lowest BCUT2D eigenvalue weighted by Crippen LogP contribution is -2.21. The van der Waals surface area contributed by atoms with Gasteiger partial charge in [-0.15, -0.1) is 0 Å². The van der Waals surface area contributed by atoms with Crippen molar-refractivity contribution in [2.24, 2.45) is 0 Å². The van der Waals surface area contributed by atoms with Crippen LogP contribution in [0.15, 0.2) is 22.9 Å². The van der Waals surface area contributed by atoms with Gasteiger partial charge in [0.2, 0.25) is 0 Å². The molecule has 64 valence electrons. The van der Waals surface area contributed by atoms with Gasteiger partial charge < -0.3 is 4.90 Å². The Morgan fingerprint density at radius 1 is 1.50 bits per heavy atom. The first-order chi connectivity index (χ1) is 5.61. The number of pyridine rings is 1. The van der Waals surface area contributed by atoms with E-state index in [1.807, 2.05) is 0 Å². The maximum Gasteiger partial charge on any atom is 0.254 e. The Hall–Kier alpha value is -0.900. The van der Waals surface area contributed by atoms with Crippen LogP contribution < -0.4 is 0 Å². The average Bonchev–Trinajstić information content (AvgIpc) is 2.04. The van der Waals surface area contributed by atoms with Crippen molar-refractivity contribution in [3.63, 3.8) is 0 Å².